The van der Waals surface area contributed by atoms with E-state index in [-0.39, 0.29) is 23.5 Å². The molecule has 0 fully saturated rings. The van der Waals surface area contributed by atoms with Crippen molar-refractivity contribution in [2.45, 2.75) is 19.9 Å². The molecule has 2 heterocycles. The molecule has 4 rings (SSSR count). The third kappa shape index (κ3) is 4.22. The van der Waals surface area contributed by atoms with E-state index in [0.717, 1.165) is 5.56 Å². The Morgan fingerprint density at radius 2 is 1.91 bits per heavy atom. The largest absolute Gasteiger partial charge is 0.508 e. The first-order valence-corrected chi connectivity index (χ1v) is 11.4. The fourth-order valence-electron chi connectivity index (χ4n) is 3.86. The number of nitrogens with zero attached hydrogens (tertiary/aromatic N) is 2. The van der Waals surface area contributed by atoms with Crippen LogP contribution in [0.2, 0.25) is 0 Å². The summed E-state index contributed by atoms with van der Waals surface area (Å²) in [6, 6.07) is 10.9. The maximum atomic E-state index is 13.6. The number of thiazole rings is 1. The van der Waals surface area contributed by atoms with Gasteiger partial charge < -0.3 is 19.3 Å². The van der Waals surface area contributed by atoms with Crippen LogP contribution in [0, 0.1) is 0 Å². The number of esters is 1. The van der Waals surface area contributed by atoms with E-state index in [0.29, 0.717) is 32.1 Å². The van der Waals surface area contributed by atoms with E-state index in [2.05, 4.69) is 4.99 Å². The molecule has 1 N–H and O–H groups in total. The molecule has 0 aliphatic carbocycles. The van der Waals surface area contributed by atoms with E-state index < -0.39 is 12.0 Å². The predicted octanol–water partition coefficient (Wildman–Crippen LogP) is 2.52. The number of carbonyl (C=O) groups is 1. The monoisotopic (exact) mass is 480 g/mol. The molecule has 176 valence electrons. The summed E-state index contributed by atoms with van der Waals surface area (Å²) in [5.74, 6) is 0.639. The zero-order valence-corrected chi connectivity index (χ0v) is 20.0. The summed E-state index contributed by atoms with van der Waals surface area (Å²) < 4.78 is 18.3. The highest BCUT2D eigenvalue weighted by atomic mass is 32.1. The standard InChI is InChI=1S/C25H24N2O6S/c1-5-33-24(30)21-14(2)26-25-27(22(21)18-13-17(31-3)10-11-19(18)32-4)23(29)20(34-25)12-15-6-8-16(28)9-7-15/h6-13,22,28H,5H2,1-4H3/t22-/m1/s1. The zero-order chi connectivity index (χ0) is 24.4. The molecule has 0 unspecified atom stereocenters. The Morgan fingerprint density at radius 3 is 2.56 bits per heavy atom. The summed E-state index contributed by atoms with van der Waals surface area (Å²) in [5, 5.41) is 9.55. The molecule has 0 spiro atoms. The first-order chi connectivity index (χ1) is 16.4. The number of fused-ring (bicyclic) bond motifs is 1. The lowest BCUT2D eigenvalue weighted by Gasteiger charge is -2.26. The van der Waals surface area contributed by atoms with Gasteiger partial charge in [-0.2, -0.15) is 0 Å². The summed E-state index contributed by atoms with van der Waals surface area (Å²) in [4.78, 5) is 31.7. The average Bonchev–Trinajstić information content (AvgIpc) is 3.13. The minimum Gasteiger partial charge on any atom is -0.508 e. The van der Waals surface area contributed by atoms with Crippen LogP contribution in [0.25, 0.3) is 6.08 Å². The third-order valence-corrected chi connectivity index (χ3v) is 6.42. The van der Waals surface area contributed by atoms with Gasteiger partial charge in [0.2, 0.25) is 0 Å². The minimum absolute atomic E-state index is 0.137. The van der Waals surface area contributed by atoms with Gasteiger partial charge in [-0.3, -0.25) is 9.36 Å². The first-order valence-electron chi connectivity index (χ1n) is 10.6. The van der Waals surface area contributed by atoms with Gasteiger partial charge >= 0.3 is 5.97 Å². The number of ether oxygens (including phenoxy) is 3. The maximum Gasteiger partial charge on any atom is 0.338 e. The number of benzene rings is 2. The molecule has 0 bridgehead atoms. The highest BCUT2D eigenvalue weighted by molar-refractivity contribution is 7.07. The van der Waals surface area contributed by atoms with Crippen LogP contribution in [0.5, 0.6) is 17.2 Å². The lowest BCUT2D eigenvalue weighted by molar-refractivity contribution is -0.139. The number of methoxy groups -OCH3 is 2. The van der Waals surface area contributed by atoms with Crippen LogP contribution < -0.4 is 24.4 Å². The molecule has 0 radical (unpaired) electrons. The number of phenolic OH excluding ortho intramolecular Hbond substituents is 1. The van der Waals surface area contributed by atoms with E-state index in [4.69, 9.17) is 14.2 Å². The minimum atomic E-state index is -0.817. The topological polar surface area (TPSA) is 99.4 Å². The van der Waals surface area contributed by atoms with Gasteiger partial charge in [-0.25, -0.2) is 9.79 Å². The van der Waals surface area contributed by atoms with Crippen molar-refractivity contribution in [3.63, 3.8) is 0 Å². The third-order valence-electron chi connectivity index (χ3n) is 5.44. The van der Waals surface area contributed by atoms with Gasteiger partial charge in [-0.15, -0.1) is 0 Å². The molecule has 0 saturated carbocycles. The van der Waals surface area contributed by atoms with Crippen LogP contribution in [0.4, 0.5) is 0 Å². The highest BCUT2D eigenvalue weighted by Gasteiger charge is 2.35. The number of phenols is 1. The van der Waals surface area contributed by atoms with Crippen molar-refractivity contribution in [3.05, 3.63) is 84.5 Å². The maximum absolute atomic E-state index is 13.6. The Morgan fingerprint density at radius 1 is 1.18 bits per heavy atom. The van der Waals surface area contributed by atoms with E-state index in [1.54, 1.807) is 69.5 Å². The molecule has 1 aromatic heterocycles. The van der Waals surface area contributed by atoms with E-state index in [1.165, 1.54) is 23.0 Å². The normalized spacial score (nSPS) is 15.5. The van der Waals surface area contributed by atoms with Crippen molar-refractivity contribution in [2.75, 3.05) is 20.8 Å². The summed E-state index contributed by atoms with van der Waals surface area (Å²) in [5.41, 5.74) is 1.75. The van der Waals surface area contributed by atoms with Gasteiger partial charge in [0.15, 0.2) is 4.80 Å². The molecular formula is C25H24N2O6S. The Kier molecular flexibility index (Phi) is 6.56. The van der Waals surface area contributed by atoms with Crippen LogP contribution in [0.1, 0.15) is 31.0 Å². The molecule has 2 aromatic carbocycles. The van der Waals surface area contributed by atoms with Gasteiger partial charge in [-0.1, -0.05) is 23.5 Å². The van der Waals surface area contributed by atoms with Gasteiger partial charge in [0.1, 0.15) is 23.3 Å². The molecule has 0 saturated heterocycles. The first kappa shape index (κ1) is 23.3. The second-order valence-electron chi connectivity index (χ2n) is 7.50. The van der Waals surface area contributed by atoms with Crippen LogP contribution in [-0.4, -0.2) is 36.5 Å². The van der Waals surface area contributed by atoms with Crippen LogP contribution in [0.3, 0.4) is 0 Å². The number of allylic oxidation sites excluding steroid dienone is 1. The van der Waals surface area contributed by atoms with Gasteiger partial charge in [0, 0.05) is 5.56 Å². The predicted molar refractivity (Wildman–Crippen MR) is 128 cm³/mol. The van der Waals surface area contributed by atoms with E-state index in [9.17, 15) is 14.7 Å². The highest BCUT2D eigenvalue weighted by Crippen LogP contribution is 2.37. The quantitative estimate of drug-likeness (QED) is 0.545. The number of carbonyl (C=O) groups excluding carboxylic acids is 1. The second-order valence-corrected chi connectivity index (χ2v) is 8.51. The van der Waals surface area contributed by atoms with Gasteiger partial charge in [-0.05, 0) is 55.8 Å². The molecule has 1 atom stereocenters. The fraction of sp³-hybridized carbons (Fsp3) is 0.240. The van der Waals surface area contributed by atoms with Crippen molar-refractivity contribution in [3.8, 4) is 17.2 Å². The van der Waals surface area contributed by atoms with Crippen molar-refractivity contribution in [1.29, 1.82) is 0 Å². The Labute approximate surface area is 199 Å². The van der Waals surface area contributed by atoms with Crippen molar-refractivity contribution in [1.82, 2.24) is 4.57 Å². The number of aromatic nitrogens is 1. The summed E-state index contributed by atoms with van der Waals surface area (Å²) in [6.45, 7) is 3.63. The smallest absolute Gasteiger partial charge is 0.338 e. The second kappa shape index (κ2) is 9.56. The molecule has 8 nitrogen and oxygen atoms in total. The van der Waals surface area contributed by atoms with Crippen molar-refractivity contribution < 1.29 is 24.1 Å². The van der Waals surface area contributed by atoms with Crippen molar-refractivity contribution >= 4 is 23.4 Å². The Hall–Kier alpha value is -3.85. The Balaban J connectivity index is 2.01. The van der Waals surface area contributed by atoms with Crippen LogP contribution >= 0.6 is 11.3 Å². The number of aromatic hydroxyl groups is 1. The van der Waals surface area contributed by atoms with Gasteiger partial charge in [0.25, 0.3) is 5.56 Å². The van der Waals surface area contributed by atoms with E-state index in [1.807, 2.05) is 0 Å². The molecule has 1 aliphatic rings. The number of rotatable bonds is 6. The van der Waals surface area contributed by atoms with Gasteiger partial charge in [0.05, 0.1) is 36.6 Å². The molecule has 3 aromatic rings. The molecule has 34 heavy (non-hydrogen) atoms. The number of hydrogen-bond acceptors (Lipinski definition) is 8. The number of hydrogen-bond donors (Lipinski definition) is 1. The zero-order valence-electron chi connectivity index (χ0n) is 19.2. The lowest BCUT2D eigenvalue weighted by Crippen LogP contribution is -2.40. The van der Waals surface area contributed by atoms with E-state index >= 15 is 0 Å². The molecule has 1 aliphatic heterocycles. The SMILES string of the molecule is CCOC(=O)C1=C(C)N=c2sc(=Cc3ccc(O)cc3)c(=O)n2[C@@H]1c1cc(OC)ccc1OC. The van der Waals surface area contributed by atoms with Crippen LogP contribution in [-0.2, 0) is 9.53 Å². The molecule has 0 amide bonds. The lowest BCUT2D eigenvalue weighted by atomic mass is 9.94. The summed E-state index contributed by atoms with van der Waals surface area (Å²) in [7, 11) is 3.07. The Bertz CT molecular complexity index is 1450. The summed E-state index contributed by atoms with van der Waals surface area (Å²) in [6.07, 6.45) is 1.73. The fourth-order valence-corrected chi connectivity index (χ4v) is 4.91. The average molecular weight is 481 g/mol. The molecule has 9 heteroatoms. The molecular weight excluding hydrogens is 456 g/mol. The van der Waals surface area contributed by atoms with Crippen LogP contribution in [0.15, 0.2) is 63.5 Å². The summed E-state index contributed by atoms with van der Waals surface area (Å²) >= 11 is 1.22. The van der Waals surface area contributed by atoms with Crippen molar-refractivity contribution in [2.24, 2.45) is 4.99 Å².